The fourth-order valence-corrected chi connectivity index (χ4v) is 0.714. The highest BCUT2D eigenvalue weighted by atomic mass is 24.3. The Morgan fingerprint density at radius 1 is 0.700 bits per heavy atom. The molecule has 0 saturated carbocycles. The minimum Gasteiger partial charge on any atom is -0.481 e. The summed E-state index contributed by atoms with van der Waals surface area (Å²) in [4.78, 5) is 30.5. The molecule has 0 heterocycles. The van der Waals surface area contributed by atoms with E-state index in [0.717, 1.165) is 0 Å². The molecular formula is C6H22MgO13. The molecule has 126 valence electrons. The molecule has 0 rings (SSSR count). The summed E-state index contributed by atoms with van der Waals surface area (Å²) in [5, 5.41) is 33.8. The fourth-order valence-electron chi connectivity index (χ4n) is 0.714. The molecule has 16 N–H and O–H groups in total. The van der Waals surface area contributed by atoms with Crippen LogP contribution in [-0.4, -0.2) is 99.8 Å². The summed E-state index contributed by atoms with van der Waals surface area (Å²) in [5.41, 5.74) is -2.74. The summed E-state index contributed by atoms with van der Waals surface area (Å²) < 4.78 is 0. The quantitative estimate of drug-likeness (QED) is 0.353. The predicted molar refractivity (Wildman–Crippen MR) is 67.3 cm³/mol. The second-order valence-corrected chi connectivity index (χ2v) is 2.48. The first-order valence-electron chi connectivity index (χ1n) is 3.17. The van der Waals surface area contributed by atoms with Crippen LogP contribution in [0.5, 0.6) is 0 Å². The molecular weight excluding hydrogens is 304 g/mol. The molecule has 0 aliphatic heterocycles. The van der Waals surface area contributed by atoms with Crippen molar-refractivity contribution in [2.75, 3.05) is 0 Å². The van der Waals surface area contributed by atoms with Crippen LogP contribution in [0.2, 0.25) is 0 Å². The van der Waals surface area contributed by atoms with Crippen molar-refractivity contribution < 1.29 is 67.7 Å². The lowest BCUT2D eigenvalue weighted by atomic mass is 9.96. The Morgan fingerprint density at radius 2 is 0.900 bits per heavy atom. The van der Waals surface area contributed by atoms with Gasteiger partial charge in [-0.15, -0.1) is 0 Å². The number of carboxylic acid groups (broad SMARTS) is 3. The Labute approximate surface area is 127 Å². The number of aliphatic hydroxyl groups is 1. The van der Waals surface area contributed by atoms with Crippen molar-refractivity contribution in [1.29, 1.82) is 0 Å². The zero-order valence-corrected chi connectivity index (χ0v) is 9.43. The smallest absolute Gasteiger partial charge is 0.336 e. The standard InChI is InChI=1S/C6H8O7.Mg.6H2O.2H/c7-3(8)1-6(13,5(11)12)2-4(9)10;;;;;;;;;/h13H,1-2H2,(H,7,8)(H,9,10)(H,11,12);;6*1H2;;. The molecule has 0 aliphatic rings. The molecule has 0 fully saturated rings. The molecule has 0 amide bonds. The van der Waals surface area contributed by atoms with Gasteiger partial charge in [0.05, 0.1) is 12.8 Å². The van der Waals surface area contributed by atoms with E-state index in [1.54, 1.807) is 0 Å². The molecule has 20 heavy (non-hydrogen) atoms. The van der Waals surface area contributed by atoms with E-state index in [4.69, 9.17) is 20.4 Å². The van der Waals surface area contributed by atoms with Gasteiger partial charge in [0.2, 0.25) is 0 Å². The van der Waals surface area contributed by atoms with E-state index in [-0.39, 0.29) is 55.9 Å². The third-order valence-electron chi connectivity index (χ3n) is 1.29. The molecule has 0 aromatic carbocycles. The summed E-state index contributed by atoms with van der Waals surface area (Å²) in [5.74, 6) is -5.02. The minimum absolute atomic E-state index is 0. The van der Waals surface area contributed by atoms with E-state index in [0.29, 0.717) is 0 Å². The molecule has 0 saturated heterocycles. The predicted octanol–water partition coefficient (Wildman–Crippen LogP) is -7.11. The average molecular weight is 327 g/mol. The summed E-state index contributed by atoms with van der Waals surface area (Å²) in [6.07, 6.45) is -2.29. The maximum atomic E-state index is 10.3. The highest BCUT2D eigenvalue weighted by molar-refractivity contribution is 5.88. The van der Waals surface area contributed by atoms with Gasteiger partial charge in [0.15, 0.2) is 5.60 Å². The lowest BCUT2D eigenvalue weighted by molar-refractivity contribution is -0.170. The molecule has 0 aromatic rings. The van der Waals surface area contributed by atoms with Gasteiger partial charge in [-0.1, -0.05) is 0 Å². The molecule has 0 atom stereocenters. The zero-order chi connectivity index (χ0) is 10.6. The number of rotatable bonds is 5. The molecule has 14 heteroatoms. The van der Waals surface area contributed by atoms with Crippen LogP contribution in [0.15, 0.2) is 0 Å². The monoisotopic (exact) mass is 326 g/mol. The number of carboxylic acids is 3. The van der Waals surface area contributed by atoms with E-state index in [1.807, 2.05) is 0 Å². The van der Waals surface area contributed by atoms with Gasteiger partial charge in [-0.25, -0.2) is 4.79 Å². The van der Waals surface area contributed by atoms with Gasteiger partial charge in [0.25, 0.3) is 0 Å². The van der Waals surface area contributed by atoms with Gasteiger partial charge in [-0.3, -0.25) is 9.59 Å². The van der Waals surface area contributed by atoms with Gasteiger partial charge in [0.1, 0.15) is 0 Å². The van der Waals surface area contributed by atoms with Crippen LogP contribution in [0.1, 0.15) is 12.8 Å². The molecule has 0 aliphatic carbocycles. The number of hydrogen-bond donors (Lipinski definition) is 4. The summed E-state index contributed by atoms with van der Waals surface area (Å²) >= 11 is 0. The highest BCUT2D eigenvalue weighted by Crippen LogP contribution is 2.15. The Hall–Kier alpha value is -1.10. The van der Waals surface area contributed by atoms with E-state index >= 15 is 0 Å². The van der Waals surface area contributed by atoms with Crippen LogP contribution in [0.3, 0.4) is 0 Å². The average Bonchev–Trinajstić information content (AvgIpc) is 1.82. The lowest BCUT2D eigenvalue weighted by Gasteiger charge is -2.18. The Balaban J connectivity index is -0.0000000343. The van der Waals surface area contributed by atoms with E-state index in [2.05, 4.69) is 0 Å². The van der Waals surface area contributed by atoms with Crippen molar-refractivity contribution in [2.24, 2.45) is 0 Å². The highest BCUT2D eigenvalue weighted by Gasteiger charge is 2.40. The Bertz CT molecular complexity index is 237. The molecule has 0 bridgehead atoms. The van der Waals surface area contributed by atoms with Crippen LogP contribution in [0.4, 0.5) is 0 Å². The fraction of sp³-hybridized carbons (Fsp3) is 0.500. The third-order valence-corrected chi connectivity index (χ3v) is 1.29. The van der Waals surface area contributed by atoms with Crippen molar-refractivity contribution in [3.8, 4) is 0 Å². The topological polar surface area (TPSA) is 321 Å². The van der Waals surface area contributed by atoms with Crippen LogP contribution >= 0.6 is 0 Å². The molecule has 0 radical (unpaired) electrons. The Morgan fingerprint density at radius 3 is 1.00 bits per heavy atom. The molecule has 0 aromatic heterocycles. The SMILES string of the molecule is O.O.O.O.O.O.O=C(O)CC(O)(CC(=O)O)C(=O)O.[MgH2]. The second kappa shape index (κ2) is 20.2. The summed E-state index contributed by atoms with van der Waals surface area (Å²) in [6.45, 7) is 0. The van der Waals surface area contributed by atoms with Gasteiger partial charge in [-0.2, -0.15) is 0 Å². The Kier molecular flexibility index (Phi) is 51.5. The van der Waals surface area contributed by atoms with Gasteiger partial charge < -0.3 is 53.3 Å². The summed E-state index contributed by atoms with van der Waals surface area (Å²) in [6, 6.07) is 0. The maximum Gasteiger partial charge on any atom is 0.336 e. The van der Waals surface area contributed by atoms with Crippen molar-refractivity contribution in [2.45, 2.75) is 18.4 Å². The molecule has 0 unspecified atom stereocenters. The maximum absolute atomic E-state index is 10.3. The first-order chi connectivity index (χ1) is 5.78. The number of carbonyl (C=O) groups is 3. The van der Waals surface area contributed by atoms with Crippen LogP contribution in [0, 0.1) is 0 Å². The lowest BCUT2D eigenvalue weighted by Crippen LogP contribution is -2.42. The van der Waals surface area contributed by atoms with E-state index in [1.165, 1.54) is 0 Å². The first kappa shape index (κ1) is 51.0. The second-order valence-electron chi connectivity index (χ2n) is 2.48. The largest absolute Gasteiger partial charge is 0.481 e. The van der Waals surface area contributed by atoms with Crippen molar-refractivity contribution in [3.05, 3.63) is 0 Å². The van der Waals surface area contributed by atoms with E-state index in [9.17, 15) is 14.4 Å². The minimum atomic E-state index is -2.74. The first-order valence-corrected chi connectivity index (χ1v) is 3.17. The number of hydrogen-bond acceptors (Lipinski definition) is 4. The van der Waals surface area contributed by atoms with Crippen molar-refractivity contribution in [3.63, 3.8) is 0 Å². The van der Waals surface area contributed by atoms with Gasteiger partial charge >= 0.3 is 41.0 Å². The number of aliphatic carboxylic acids is 3. The van der Waals surface area contributed by atoms with Gasteiger partial charge in [-0.05, 0) is 0 Å². The van der Waals surface area contributed by atoms with Crippen LogP contribution < -0.4 is 0 Å². The van der Waals surface area contributed by atoms with Gasteiger partial charge in [0, 0.05) is 0 Å². The molecule has 13 nitrogen and oxygen atoms in total. The van der Waals surface area contributed by atoms with E-state index < -0.39 is 36.4 Å². The normalized spacial score (nSPS) is 7.05. The third kappa shape index (κ3) is 19.2. The van der Waals surface area contributed by atoms with Crippen molar-refractivity contribution in [1.82, 2.24) is 0 Å². The summed E-state index contributed by atoms with van der Waals surface area (Å²) in [7, 11) is 0. The molecule has 0 spiro atoms. The van der Waals surface area contributed by atoms with Crippen molar-refractivity contribution >= 4 is 41.0 Å². The zero-order valence-electron chi connectivity index (χ0n) is 9.43. The van der Waals surface area contributed by atoms with Crippen LogP contribution in [-0.2, 0) is 14.4 Å². The van der Waals surface area contributed by atoms with Crippen LogP contribution in [0.25, 0.3) is 0 Å².